The van der Waals surface area contributed by atoms with Gasteiger partial charge in [-0.25, -0.2) is 42.6 Å². The number of ether oxygens (including phenoxy) is 3. The number of carbonyl (C=O) groups is 2. The number of anilines is 1. The second kappa shape index (κ2) is 16.5. The molecule has 22 nitrogen and oxygen atoms in total. The number of amides is 2. The first-order chi connectivity index (χ1) is 28.6. The highest BCUT2D eigenvalue weighted by Gasteiger charge is 2.54. The summed E-state index contributed by atoms with van der Waals surface area (Å²) in [5, 5.41) is 13.4. The first-order valence-electron chi connectivity index (χ1n) is 17.6. The fourth-order valence-electron chi connectivity index (χ4n) is 6.98. The monoisotopic (exact) mass is 915 g/mol. The van der Waals surface area contributed by atoms with Crippen LogP contribution in [0.3, 0.4) is 0 Å². The number of nitrogens with one attached hydrogen (secondary N) is 2. The lowest BCUT2D eigenvalue weighted by atomic mass is 10.1. The van der Waals surface area contributed by atoms with E-state index in [1.54, 1.807) is 24.3 Å². The van der Waals surface area contributed by atoms with Crippen molar-refractivity contribution in [1.82, 2.24) is 39.0 Å². The fourth-order valence-corrected chi connectivity index (χ4v) is 9.92. The molecule has 0 saturated carbocycles. The van der Waals surface area contributed by atoms with Gasteiger partial charge in [-0.1, -0.05) is 42.7 Å². The molecule has 0 spiro atoms. The zero-order chi connectivity index (χ0) is 42.7. The molecular weight excluding hydrogens is 882 g/mol. The van der Waals surface area contributed by atoms with E-state index in [-0.39, 0.29) is 34.7 Å². The number of methoxy groups -OCH3 is 1. The normalized spacial score (nSPS) is 30.9. The number of imidazole rings is 1. The number of carbonyl (C=O) groups excluding carboxylic acids is 2. The van der Waals surface area contributed by atoms with Crippen LogP contribution in [0.2, 0.25) is 0 Å². The van der Waals surface area contributed by atoms with Crippen LogP contribution in [0.4, 0.5) is 19.4 Å². The van der Waals surface area contributed by atoms with E-state index in [1.807, 2.05) is 0 Å². The van der Waals surface area contributed by atoms with Crippen LogP contribution in [0.15, 0.2) is 54.2 Å². The molecule has 3 N–H and O–H groups in total. The number of aromatic nitrogens is 7. The van der Waals surface area contributed by atoms with Crippen molar-refractivity contribution in [3.05, 3.63) is 76.7 Å². The number of aliphatic hydroxyl groups excluding tert-OH is 1. The number of aliphatic hydroxyl groups is 1. The van der Waals surface area contributed by atoms with Crippen molar-refractivity contribution < 1.29 is 64.9 Å². The van der Waals surface area contributed by atoms with E-state index in [1.165, 1.54) is 19.1 Å². The van der Waals surface area contributed by atoms with Gasteiger partial charge in [-0.3, -0.25) is 32.3 Å². The molecule has 4 aromatic heterocycles. The molecule has 60 heavy (non-hydrogen) atoms. The summed E-state index contributed by atoms with van der Waals surface area (Å²) in [6, 6.07) is 6.52. The maximum Gasteiger partial charge on any atom is 0.409 e. The number of thiol groups is 2. The Morgan fingerprint density at radius 1 is 1.02 bits per heavy atom. The molecule has 8 rings (SSSR count). The molecule has 3 saturated heterocycles. The number of rotatable bonds is 6. The third-order valence-corrected chi connectivity index (χ3v) is 13.0. The number of alkyl halides is 1. The lowest BCUT2D eigenvalue weighted by molar-refractivity contribution is -0.0568. The van der Waals surface area contributed by atoms with E-state index in [0.29, 0.717) is 5.56 Å². The van der Waals surface area contributed by atoms with Crippen LogP contribution in [0, 0.1) is 5.82 Å². The lowest BCUT2D eigenvalue weighted by Gasteiger charge is -2.26. The number of halogens is 2. The van der Waals surface area contributed by atoms with Crippen molar-refractivity contribution >= 4 is 78.1 Å². The molecule has 1 aromatic carbocycles. The van der Waals surface area contributed by atoms with Gasteiger partial charge in [0.1, 0.15) is 42.2 Å². The van der Waals surface area contributed by atoms with Crippen LogP contribution in [0.5, 0.6) is 0 Å². The Balaban J connectivity index is 1.04. The Morgan fingerprint density at radius 3 is 2.47 bits per heavy atom. The van der Waals surface area contributed by atoms with Gasteiger partial charge in [0.05, 0.1) is 33.0 Å². The van der Waals surface area contributed by atoms with Crippen LogP contribution in [-0.4, -0.2) is 120 Å². The second-order valence-corrected chi connectivity index (χ2v) is 19.3. The molecule has 3 aliphatic rings. The number of H-pyrrole nitrogens is 1. The van der Waals surface area contributed by atoms with Crippen molar-refractivity contribution in [2.45, 2.75) is 55.7 Å². The molecule has 2 amide bonds. The number of nitrogens with zero attached hydrogens (tertiary/aromatic N) is 7. The SMILES string of the molecule is COC(=O)N(C)Cc1ccccc1C(=O)Nc1ncnc2c1ncn2[C@@H]1O[C@@H]2CO[P@@](=O)(S)O[C@@H]3[C@H](O)[C@@H](CO[P@@](=O)(S)O[C@H]2[C@H]1F)O[C@H]3n1cc(F)c2c(=O)[nH]cnc21. The first kappa shape index (κ1) is 42.4. The Kier molecular flexibility index (Phi) is 11.7. The summed E-state index contributed by atoms with van der Waals surface area (Å²) in [6.07, 6.45) is -9.94. The minimum Gasteiger partial charge on any atom is -0.453 e. The molecule has 0 unspecified atom stereocenters. The summed E-state index contributed by atoms with van der Waals surface area (Å²) in [4.78, 5) is 58.0. The van der Waals surface area contributed by atoms with Gasteiger partial charge >= 0.3 is 19.7 Å². The van der Waals surface area contributed by atoms with E-state index in [9.17, 15) is 33.0 Å². The molecule has 5 aromatic rings. The second-order valence-electron chi connectivity index (χ2n) is 13.5. The standard InChI is InChI=1S/C32H33F2N9O13P2S2/c1-41(32(47)50-2)7-14-5-3-4-6-15(14)28(45)40-25-21-27(37-11-35-25)43(13-39-21)30-20(34)23-18(54-30)10-52-58(49,60)56-24-22(44)17(9-51-57(48,59)55-23)53-31(24)42-8-16(33)19-26(42)36-12-38-29(19)46/h3-6,8,11-13,17-18,20,22-24,30-31,44H,7,9-10H2,1-2H3,(H,48,59)(H,49,60)(H,36,38,46)(H,35,37,40,45)/t17-,18-,20-,22-,23-,24-,30-,31-,57-,58-/m1/s1. The van der Waals surface area contributed by atoms with Gasteiger partial charge in [-0.05, 0) is 11.6 Å². The highest BCUT2D eigenvalue weighted by Crippen LogP contribution is 2.60. The van der Waals surface area contributed by atoms with E-state index in [2.05, 4.69) is 54.7 Å². The third-order valence-electron chi connectivity index (χ3n) is 9.76. The minimum absolute atomic E-state index is 0.0142. The van der Waals surface area contributed by atoms with E-state index in [4.69, 9.17) is 32.3 Å². The summed E-state index contributed by atoms with van der Waals surface area (Å²) in [7, 11) is 2.73. The van der Waals surface area contributed by atoms with Crippen molar-refractivity contribution in [3.8, 4) is 0 Å². The van der Waals surface area contributed by atoms with Gasteiger partial charge in [-0.2, -0.15) is 0 Å². The molecule has 10 atom stereocenters. The van der Waals surface area contributed by atoms with Crippen LogP contribution in [-0.2, 0) is 48.0 Å². The van der Waals surface area contributed by atoms with Gasteiger partial charge in [0.2, 0.25) is 0 Å². The molecule has 0 radical (unpaired) electrons. The van der Waals surface area contributed by atoms with Crippen LogP contribution >= 0.6 is 38.1 Å². The van der Waals surface area contributed by atoms with Crippen molar-refractivity contribution in [3.63, 3.8) is 0 Å². The first-order valence-corrected chi connectivity index (χ1v) is 23.0. The maximum atomic E-state index is 16.6. The summed E-state index contributed by atoms with van der Waals surface area (Å²) in [5.74, 6) is -1.67. The topological polar surface area (TPSA) is 263 Å². The largest absolute Gasteiger partial charge is 0.453 e. The summed E-state index contributed by atoms with van der Waals surface area (Å²) in [6.45, 7) is -10.6. The van der Waals surface area contributed by atoms with Gasteiger partial charge in [0, 0.05) is 25.4 Å². The average Bonchev–Trinajstić information content (AvgIpc) is 3.95. The summed E-state index contributed by atoms with van der Waals surface area (Å²) in [5.41, 5.74) is -0.345. The van der Waals surface area contributed by atoms with Gasteiger partial charge in [-0.15, -0.1) is 0 Å². The Morgan fingerprint density at radius 2 is 1.72 bits per heavy atom. The lowest BCUT2D eigenvalue weighted by Crippen LogP contribution is -2.35. The molecule has 7 heterocycles. The van der Waals surface area contributed by atoms with Crippen LogP contribution in [0.25, 0.3) is 22.2 Å². The Hall–Kier alpha value is -4.33. The van der Waals surface area contributed by atoms with Crippen molar-refractivity contribution in [2.24, 2.45) is 0 Å². The van der Waals surface area contributed by atoms with E-state index >= 15 is 4.39 Å². The number of fused-ring (bicyclic) bond motifs is 5. The summed E-state index contributed by atoms with van der Waals surface area (Å²) < 4.78 is 99.8. The zero-order valence-electron chi connectivity index (χ0n) is 30.9. The average molecular weight is 916 g/mol. The molecule has 3 fully saturated rings. The number of benzene rings is 1. The fraction of sp³-hybridized carbons (Fsp3) is 0.406. The molecule has 2 bridgehead atoms. The Bertz CT molecular complexity index is 2640. The van der Waals surface area contributed by atoms with Gasteiger partial charge in [0.15, 0.2) is 47.1 Å². The number of hydrogen-bond donors (Lipinski definition) is 5. The molecule has 0 aliphatic carbocycles. The smallest absolute Gasteiger partial charge is 0.409 e. The quantitative estimate of drug-likeness (QED) is 0.120. The highest BCUT2D eigenvalue weighted by molar-refractivity contribution is 8.44. The molecule has 320 valence electrons. The highest BCUT2D eigenvalue weighted by atomic mass is 32.7. The van der Waals surface area contributed by atoms with Crippen LogP contribution in [0.1, 0.15) is 28.4 Å². The van der Waals surface area contributed by atoms with E-state index < -0.39 is 105 Å². The number of hydrogen-bond acceptors (Lipinski definition) is 17. The van der Waals surface area contributed by atoms with Gasteiger partial charge in [0.25, 0.3) is 11.5 Å². The van der Waals surface area contributed by atoms with Crippen LogP contribution < -0.4 is 10.9 Å². The molecular formula is C32H33F2N9O13P2S2. The molecule has 28 heteroatoms. The zero-order valence-corrected chi connectivity index (χ0v) is 34.5. The van der Waals surface area contributed by atoms with Crippen molar-refractivity contribution in [2.75, 3.05) is 32.7 Å². The molecule has 3 aliphatic heterocycles. The maximum absolute atomic E-state index is 16.6. The Labute approximate surface area is 346 Å². The van der Waals surface area contributed by atoms with Crippen molar-refractivity contribution in [1.29, 1.82) is 0 Å². The minimum atomic E-state index is -4.57. The third kappa shape index (κ3) is 8.09. The predicted octanol–water partition coefficient (Wildman–Crippen LogP) is 3.54. The summed E-state index contributed by atoms with van der Waals surface area (Å²) >= 11 is 8.08. The van der Waals surface area contributed by atoms with E-state index in [0.717, 1.165) is 34.3 Å². The predicted molar refractivity (Wildman–Crippen MR) is 207 cm³/mol. The number of aromatic amines is 1. The van der Waals surface area contributed by atoms with Gasteiger partial charge < -0.3 is 39.1 Å².